The molecular weight excluding hydrogens is 198 g/mol. The molecule has 0 unspecified atom stereocenters. The molecular formula is C6H7BCl2N2O. The van der Waals surface area contributed by atoms with E-state index in [0.29, 0.717) is 5.15 Å². The Balaban J connectivity index is 3.01. The lowest BCUT2D eigenvalue weighted by Crippen LogP contribution is -2.30. The van der Waals surface area contributed by atoms with Gasteiger partial charge in [-0.3, -0.25) is 0 Å². The molecule has 64 valence electrons. The lowest BCUT2D eigenvalue weighted by Gasteiger charge is -2.05. The Morgan fingerprint density at radius 3 is 2.67 bits per heavy atom. The summed E-state index contributed by atoms with van der Waals surface area (Å²) in [5, 5.41) is 0.483. The summed E-state index contributed by atoms with van der Waals surface area (Å²) in [4.78, 5) is 7.58. The van der Waals surface area contributed by atoms with Gasteiger partial charge < -0.3 is 4.65 Å². The van der Waals surface area contributed by atoms with Gasteiger partial charge in [0.15, 0.2) is 0 Å². The summed E-state index contributed by atoms with van der Waals surface area (Å²) in [5.74, 6) is 0. The summed E-state index contributed by atoms with van der Waals surface area (Å²) in [6.45, 7) is 1.74. The van der Waals surface area contributed by atoms with Gasteiger partial charge in [0.25, 0.3) is 0 Å². The number of rotatable bonds is 2. The molecule has 0 saturated heterocycles. The second kappa shape index (κ2) is 4.07. The molecule has 0 atom stereocenters. The first-order valence-corrected chi connectivity index (χ1v) is 4.11. The first kappa shape index (κ1) is 9.77. The molecule has 0 aliphatic heterocycles. The van der Waals surface area contributed by atoms with Crippen LogP contribution in [0.2, 0.25) is 17.3 Å². The Bertz CT molecular complexity index is 284. The zero-order valence-electron chi connectivity index (χ0n) is 6.71. The molecule has 1 rings (SSSR count). The van der Waals surface area contributed by atoms with Crippen LogP contribution in [-0.2, 0) is 4.65 Å². The fourth-order valence-electron chi connectivity index (χ4n) is 0.750. The maximum absolute atomic E-state index is 5.79. The third kappa shape index (κ3) is 2.09. The minimum atomic E-state index is -0.116. The van der Waals surface area contributed by atoms with Crippen LogP contribution in [0.15, 0.2) is 6.20 Å². The molecule has 6 heteroatoms. The van der Waals surface area contributed by atoms with Crippen molar-refractivity contribution in [2.24, 2.45) is 0 Å². The smallest absolute Gasteiger partial charge is 0.327 e. The maximum atomic E-state index is 5.79. The zero-order chi connectivity index (χ0) is 9.14. The maximum Gasteiger partial charge on any atom is 0.327 e. The van der Waals surface area contributed by atoms with Crippen molar-refractivity contribution in [1.29, 1.82) is 0 Å². The normalized spacial score (nSPS) is 10.0. The van der Waals surface area contributed by atoms with E-state index in [9.17, 15) is 0 Å². The van der Waals surface area contributed by atoms with Crippen LogP contribution in [0, 0.1) is 0 Å². The number of nitrogens with zero attached hydrogens (tertiary/aromatic N) is 2. The van der Waals surface area contributed by atoms with Crippen molar-refractivity contribution in [2.75, 3.05) is 7.11 Å². The van der Waals surface area contributed by atoms with Crippen LogP contribution in [0.3, 0.4) is 0 Å². The van der Waals surface area contributed by atoms with E-state index < -0.39 is 0 Å². The lowest BCUT2D eigenvalue weighted by molar-refractivity contribution is 0.434. The van der Waals surface area contributed by atoms with Crippen molar-refractivity contribution >= 4 is 35.6 Å². The van der Waals surface area contributed by atoms with E-state index >= 15 is 0 Å². The van der Waals surface area contributed by atoms with Crippen LogP contribution < -0.4 is 5.46 Å². The highest BCUT2D eigenvalue weighted by atomic mass is 35.5. The Labute approximate surface area is 81.2 Å². The molecule has 0 amide bonds. The number of halogens is 2. The molecule has 0 aliphatic carbocycles. The van der Waals surface area contributed by atoms with Crippen LogP contribution >= 0.6 is 23.2 Å². The molecule has 1 heterocycles. The van der Waals surface area contributed by atoms with Crippen LogP contribution in [-0.4, -0.2) is 24.0 Å². The Morgan fingerprint density at radius 1 is 1.50 bits per heavy atom. The molecule has 3 nitrogen and oxygen atoms in total. The number of hydrogen-bond acceptors (Lipinski definition) is 3. The summed E-state index contributed by atoms with van der Waals surface area (Å²) >= 11 is 11.3. The van der Waals surface area contributed by atoms with E-state index in [0.717, 1.165) is 5.46 Å². The predicted molar refractivity (Wildman–Crippen MR) is 50.3 cm³/mol. The lowest BCUT2D eigenvalue weighted by atomic mass is 9.65. The van der Waals surface area contributed by atoms with Crippen LogP contribution in [0.5, 0.6) is 0 Å². The van der Waals surface area contributed by atoms with Crippen LogP contribution in [0.25, 0.3) is 0 Å². The molecule has 0 aromatic carbocycles. The molecule has 1 aromatic rings. The van der Waals surface area contributed by atoms with Gasteiger partial charge in [-0.15, -0.1) is 0 Å². The van der Waals surface area contributed by atoms with Gasteiger partial charge in [-0.25, -0.2) is 9.97 Å². The van der Waals surface area contributed by atoms with Gasteiger partial charge in [-0.1, -0.05) is 18.4 Å². The zero-order valence-corrected chi connectivity index (χ0v) is 8.23. The molecule has 0 bridgehead atoms. The largest absolute Gasteiger partial charge is 0.434 e. The second-order valence-corrected chi connectivity index (χ2v) is 2.96. The highest BCUT2D eigenvalue weighted by Gasteiger charge is 2.15. The third-order valence-corrected chi connectivity index (χ3v) is 2.02. The van der Waals surface area contributed by atoms with E-state index in [4.69, 9.17) is 27.9 Å². The van der Waals surface area contributed by atoms with Crippen molar-refractivity contribution < 1.29 is 4.65 Å². The number of hydrogen-bond donors (Lipinski definition) is 0. The van der Waals surface area contributed by atoms with Gasteiger partial charge in [-0.05, 0) is 11.6 Å². The monoisotopic (exact) mass is 204 g/mol. The minimum absolute atomic E-state index is 0.116. The van der Waals surface area contributed by atoms with Crippen molar-refractivity contribution in [3.63, 3.8) is 0 Å². The van der Waals surface area contributed by atoms with Gasteiger partial charge in [0.1, 0.15) is 5.15 Å². The summed E-state index contributed by atoms with van der Waals surface area (Å²) in [5.41, 5.74) is 0.739. The summed E-state index contributed by atoms with van der Waals surface area (Å²) in [7, 11) is 1.59. The van der Waals surface area contributed by atoms with Gasteiger partial charge in [0.05, 0.1) is 0 Å². The average molecular weight is 205 g/mol. The summed E-state index contributed by atoms with van der Waals surface area (Å²) < 4.78 is 5.05. The number of aromatic nitrogens is 2. The van der Waals surface area contributed by atoms with Crippen molar-refractivity contribution in [3.05, 3.63) is 16.6 Å². The Kier molecular flexibility index (Phi) is 3.32. The molecule has 0 N–H and O–H groups in total. The topological polar surface area (TPSA) is 35.0 Å². The van der Waals surface area contributed by atoms with Gasteiger partial charge in [0, 0.05) is 18.8 Å². The second-order valence-electron chi connectivity index (χ2n) is 2.26. The van der Waals surface area contributed by atoms with Crippen molar-refractivity contribution in [2.45, 2.75) is 6.82 Å². The van der Waals surface area contributed by atoms with E-state index in [1.54, 1.807) is 13.3 Å². The summed E-state index contributed by atoms with van der Waals surface area (Å²) in [6.07, 6.45) is 1.56. The molecule has 0 saturated carbocycles. The molecule has 0 aliphatic rings. The fraction of sp³-hybridized carbons (Fsp3) is 0.333. The highest BCUT2D eigenvalue weighted by molar-refractivity contribution is 6.68. The van der Waals surface area contributed by atoms with Crippen LogP contribution in [0.1, 0.15) is 0 Å². The molecule has 1 aromatic heterocycles. The first-order chi connectivity index (χ1) is 5.65. The van der Waals surface area contributed by atoms with Crippen molar-refractivity contribution in [3.8, 4) is 0 Å². The predicted octanol–water partition coefficient (Wildman–Crippen LogP) is 1.26. The van der Waals surface area contributed by atoms with Gasteiger partial charge in [-0.2, -0.15) is 0 Å². The minimum Gasteiger partial charge on any atom is -0.434 e. The molecule has 0 spiro atoms. The Hall–Kier alpha value is -0.315. The Morgan fingerprint density at radius 2 is 2.17 bits per heavy atom. The molecule has 12 heavy (non-hydrogen) atoms. The fourth-order valence-corrected chi connectivity index (χ4v) is 1.21. The third-order valence-electron chi connectivity index (χ3n) is 1.53. The molecule has 0 fully saturated rings. The van der Waals surface area contributed by atoms with Crippen LogP contribution in [0.4, 0.5) is 0 Å². The highest BCUT2D eigenvalue weighted by Crippen LogP contribution is 2.05. The SMILES string of the molecule is COB(C)c1cnc(Cl)nc1Cl. The quantitative estimate of drug-likeness (QED) is 0.414. The van der Waals surface area contributed by atoms with Gasteiger partial charge in [0.2, 0.25) is 5.28 Å². The molecule has 0 radical (unpaired) electrons. The van der Waals surface area contributed by atoms with E-state index in [2.05, 4.69) is 9.97 Å². The summed E-state index contributed by atoms with van der Waals surface area (Å²) in [6, 6.07) is 0. The van der Waals surface area contributed by atoms with Gasteiger partial charge >= 0.3 is 6.92 Å². The van der Waals surface area contributed by atoms with Crippen molar-refractivity contribution in [1.82, 2.24) is 9.97 Å². The average Bonchev–Trinajstić information content (AvgIpc) is 2.03. The van der Waals surface area contributed by atoms with E-state index in [1.165, 1.54) is 0 Å². The first-order valence-electron chi connectivity index (χ1n) is 3.36. The van der Waals surface area contributed by atoms with E-state index in [1.807, 2.05) is 6.82 Å². The van der Waals surface area contributed by atoms with E-state index in [-0.39, 0.29) is 12.2 Å². The standard InChI is InChI=1S/C6H7BCl2N2O/c1-7(12-2)4-3-10-6(9)11-5(4)8/h3H,1-2H3.